The summed E-state index contributed by atoms with van der Waals surface area (Å²) in [5.74, 6) is -0.772. The van der Waals surface area contributed by atoms with Crippen molar-refractivity contribution in [1.29, 1.82) is 0 Å². The maximum absolute atomic E-state index is 13.5. The van der Waals surface area contributed by atoms with Crippen LogP contribution in [0.5, 0.6) is 0 Å². The van der Waals surface area contributed by atoms with Crippen LogP contribution in [-0.2, 0) is 28.3 Å². The monoisotopic (exact) mass is 551 g/mol. The standard InChI is InChI=1S/C31H38FN3O3S/c32-25-10-9-11-27(19-25)39(37,38)26-14-12-23(13-15-26)20-34-30(36)28-18-24-21-33-22-31(29(24)35-28)16-7-5-3-1-2-4-6-8-17-31/h9-15,18-19,33,35H,1-8,16-17,20-22H2,(H,34,36). The summed E-state index contributed by atoms with van der Waals surface area (Å²) in [6.45, 7) is 1.99. The zero-order valence-corrected chi connectivity index (χ0v) is 23.2. The molecule has 0 unspecified atom stereocenters. The first-order valence-corrected chi connectivity index (χ1v) is 15.7. The van der Waals surface area contributed by atoms with Crippen molar-refractivity contribution in [3.8, 4) is 0 Å². The molecule has 3 N–H and O–H groups in total. The Balaban J connectivity index is 1.26. The lowest BCUT2D eigenvalue weighted by Crippen LogP contribution is -2.43. The van der Waals surface area contributed by atoms with Crippen molar-refractivity contribution in [2.24, 2.45) is 0 Å². The topological polar surface area (TPSA) is 91.1 Å². The normalized spacial score (nSPS) is 18.2. The van der Waals surface area contributed by atoms with Crippen LogP contribution in [0.4, 0.5) is 4.39 Å². The van der Waals surface area contributed by atoms with Gasteiger partial charge in [-0.05, 0) is 60.4 Å². The van der Waals surface area contributed by atoms with E-state index in [4.69, 9.17) is 0 Å². The van der Waals surface area contributed by atoms with E-state index in [-0.39, 0.29) is 27.7 Å². The third kappa shape index (κ3) is 6.28. The van der Waals surface area contributed by atoms with Gasteiger partial charge in [0.05, 0.1) is 9.79 Å². The lowest BCUT2D eigenvalue weighted by Gasteiger charge is -2.38. The molecule has 2 aliphatic rings. The van der Waals surface area contributed by atoms with E-state index in [1.165, 1.54) is 93.0 Å². The van der Waals surface area contributed by atoms with Gasteiger partial charge in [-0.1, -0.05) is 69.6 Å². The van der Waals surface area contributed by atoms with E-state index in [1.807, 2.05) is 6.07 Å². The van der Waals surface area contributed by atoms with E-state index < -0.39 is 15.7 Å². The Morgan fingerprint density at radius 1 is 0.872 bits per heavy atom. The molecule has 2 heterocycles. The number of H-pyrrole nitrogens is 1. The number of benzene rings is 2. The van der Waals surface area contributed by atoms with Crippen molar-refractivity contribution in [3.63, 3.8) is 0 Å². The number of fused-ring (bicyclic) bond motifs is 2. The fourth-order valence-corrected chi connectivity index (χ4v) is 7.42. The van der Waals surface area contributed by atoms with Gasteiger partial charge < -0.3 is 15.6 Å². The fourth-order valence-electron chi connectivity index (χ4n) is 6.13. The smallest absolute Gasteiger partial charge is 0.267 e. The van der Waals surface area contributed by atoms with E-state index in [1.54, 1.807) is 12.1 Å². The number of carbonyl (C=O) groups is 1. The van der Waals surface area contributed by atoms with Crippen LogP contribution in [0.1, 0.15) is 91.5 Å². The van der Waals surface area contributed by atoms with Crippen LogP contribution in [0.3, 0.4) is 0 Å². The van der Waals surface area contributed by atoms with Gasteiger partial charge in [0.2, 0.25) is 9.84 Å². The largest absolute Gasteiger partial charge is 0.354 e. The zero-order chi connectivity index (χ0) is 27.3. The van der Waals surface area contributed by atoms with Crippen LogP contribution in [-0.4, -0.2) is 25.9 Å². The Kier molecular flexibility index (Phi) is 8.52. The van der Waals surface area contributed by atoms with Gasteiger partial charge in [-0.15, -0.1) is 0 Å². The molecule has 1 amide bonds. The van der Waals surface area contributed by atoms with Gasteiger partial charge in [-0.3, -0.25) is 4.79 Å². The number of rotatable bonds is 5. The summed E-state index contributed by atoms with van der Waals surface area (Å²) >= 11 is 0. The van der Waals surface area contributed by atoms with Gasteiger partial charge in [0.25, 0.3) is 5.91 Å². The SMILES string of the molecule is O=C(NCc1ccc(S(=O)(=O)c2cccc(F)c2)cc1)c1cc2c([nH]1)C1(CCCCCCCCCC1)CNC2. The van der Waals surface area contributed by atoms with Gasteiger partial charge in [0.1, 0.15) is 11.5 Å². The minimum Gasteiger partial charge on any atom is -0.354 e. The summed E-state index contributed by atoms with van der Waals surface area (Å²) in [6, 6.07) is 13.3. The van der Waals surface area contributed by atoms with Gasteiger partial charge in [0, 0.05) is 30.7 Å². The van der Waals surface area contributed by atoms with Gasteiger partial charge in [0.15, 0.2) is 0 Å². The first-order chi connectivity index (χ1) is 18.9. The molecule has 1 aliphatic carbocycles. The van der Waals surface area contributed by atoms with E-state index in [0.29, 0.717) is 5.69 Å². The molecule has 0 atom stereocenters. The Morgan fingerprint density at radius 3 is 2.21 bits per heavy atom. The first kappa shape index (κ1) is 27.6. The molecule has 208 valence electrons. The van der Waals surface area contributed by atoms with Crippen molar-refractivity contribution < 1.29 is 17.6 Å². The summed E-state index contributed by atoms with van der Waals surface area (Å²) in [4.78, 5) is 16.6. The summed E-state index contributed by atoms with van der Waals surface area (Å²) in [6.07, 6.45) is 12.6. The molecule has 1 spiro atoms. The summed E-state index contributed by atoms with van der Waals surface area (Å²) in [5, 5.41) is 6.59. The predicted octanol–water partition coefficient (Wildman–Crippen LogP) is 6.17. The van der Waals surface area contributed by atoms with E-state index in [9.17, 15) is 17.6 Å². The highest BCUT2D eigenvalue weighted by Gasteiger charge is 2.38. The second kappa shape index (κ2) is 12.0. The number of sulfone groups is 1. The Hall–Kier alpha value is -2.97. The number of halogens is 1. The minimum atomic E-state index is -3.82. The first-order valence-electron chi connectivity index (χ1n) is 14.2. The number of nitrogens with one attached hydrogen (secondary N) is 3. The highest BCUT2D eigenvalue weighted by atomic mass is 32.2. The van der Waals surface area contributed by atoms with Gasteiger partial charge >= 0.3 is 0 Å². The second-order valence-corrected chi connectivity index (χ2v) is 13.0. The maximum atomic E-state index is 13.5. The maximum Gasteiger partial charge on any atom is 0.267 e. The Morgan fingerprint density at radius 2 is 1.54 bits per heavy atom. The van der Waals surface area contributed by atoms with Crippen LogP contribution >= 0.6 is 0 Å². The lowest BCUT2D eigenvalue weighted by atomic mass is 9.72. The molecule has 1 fully saturated rings. The molecule has 5 rings (SSSR count). The van der Waals surface area contributed by atoms with Crippen LogP contribution in [0.15, 0.2) is 64.4 Å². The molecule has 1 aliphatic heterocycles. The summed E-state index contributed by atoms with van der Waals surface area (Å²) in [7, 11) is -3.82. The molecule has 1 saturated carbocycles. The number of carbonyl (C=O) groups excluding carboxylic acids is 1. The molecule has 0 saturated heterocycles. The van der Waals surface area contributed by atoms with Crippen molar-refractivity contribution >= 4 is 15.7 Å². The van der Waals surface area contributed by atoms with Crippen LogP contribution in [0, 0.1) is 5.82 Å². The summed E-state index contributed by atoms with van der Waals surface area (Å²) < 4.78 is 39.2. The lowest BCUT2D eigenvalue weighted by molar-refractivity contribution is 0.0946. The molecule has 2 aromatic carbocycles. The van der Waals surface area contributed by atoms with Crippen molar-refractivity contribution in [2.45, 2.75) is 92.5 Å². The van der Waals surface area contributed by atoms with E-state index in [0.717, 1.165) is 37.6 Å². The van der Waals surface area contributed by atoms with E-state index in [2.05, 4.69) is 15.6 Å². The molecule has 0 bridgehead atoms. The molecule has 3 aromatic rings. The number of aromatic nitrogens is 1. The fraction of sp³-hybridized carbons (Fsp3) is 0.452. The van der Waals surface area contributed by atoms with Crippen LogP contribution < -0.4 is 10.6 Å². The Bertz CT molecular complexity index is 1390. The quantitative estimate of drug-likeness (QED) is 0.354. The molecular weight excluding hydrogens is 513 g/mol. The number of amides is 1. The number of aromatic amines is 1. The van der Waals surface area contributed by atoms with Crippen molar-refractivity contribution in [3.05, 3.63) is 82.9 Å². The Labute approximate surface area is 230 Å². The van der Waals surface area contributed by atoms with Crippen LogP contribution in [0.25, 0.3) is 0 Å². The third-order valence-electron chi connectivity index (χ3n) is 8.31. The number of hydrogen-bond donors (Lipinski definition) is 3. The van der Waals surface area contributed by atoms with Gasteiger partial charge in [-0.25, -0.2) is 12.8 Å². The van der Waals surface area contributed by atoms with Crippen molar-refractivity contribution in [2.75, 3.05) is 6.54 Å². The van der Waals surface area contributed by atoms with Crippen LogP contribution in [0.2, 0.25) is 0 Å². The highest BCUT2D eigenvalue weighted by Crippen LogP contribution is 2.40. The van der Waals surface area contributed by atoms with E-state index >= 15 is 0 Å². The minimum absolute atomic E-state index is 0.0550. The third-order valence-corrected chi connectivity index (χ3v) is 10.1. The second-order valence-electron chi connectivity index (χ2n) is 11.1. The number of hydrogen-bond acceptors (Lipinski definition) is 4. The van der Waals surface area contributed by atoms with Crippen molar-refractivity contribution in [1.82, 2.24) is 15.6 Å². The molecule has 6 nitrogen and oxygen atoms in total. The average Bonchev–Trinajstić information content (AvgIpc) is 3.37. The molecule has 39 heavy (non-hydrogen) atoms. The molecule has 1 aromatic heterocycles. The predicted molar refractivity (Wildman–Crippen MR) is 150 cm³/mol. The average molecular weight is 552 g/mol. The highest BCUT2D eigenvalue weighted by molar-refractivity contribution is 7.91. The molecule has 8 heteroatoms. The molecule has 0 radical (unpaired) electrons. The zero-order valence-electron chi connectivity index (χ0n) is 22.4. The summed E-state index contributed by atoms with van der Waals surface area (Å²) in [5.41, 5.74) is 3.83. The van der Waals surface area contributed by atoms with Gasteiger partial charge in [-0.2, -0.15) is 0 Å². The molecular formula is C31H38FN3O3S.